The van der Waals surface area contributed by atoms with Crippen LogP contribution in [0.15, 0.2) is 53.3 Å². The van der Waals surface area contributed by atoms with Gasteiger partial charge in [-0.3, -0.25) is 9.48 Å². The van der Waals surface area contributed by atoms with Gasteiger partial charge in [-0.05, 0) is 39.0 Å². The molecule has 1 saturated heterocycles. The summed E-state index contributed by atoms with van der Waals surface area (Å²) in [7, 11) is 0. The molecule has 0 radical (unpaired) electrons. The Balaban J connectivity index is 1.19. The highest BCUT2D eigenvalue weighted by atomic mass is 16.6. The number of carbonyl (C=O) groups excluding carboxylic acids is 2. The minimum absolute atomic E-state index is 0.0262. The number of hydrogen-bond donors (Lipinski definition) is 1. The Labute approximate surface area is 220 Å². The molecule has 4 heterocycles. The summed E-state index contributed by atoms with van der Waals surface area (Å²) in [6.07, 6.45) is 5.24. The van der Waals surface area contributed by atoms with Crippen LogP contribution in [0.4, 0.5) is 10.6 Å². The summed E-state index contributed by atoms with van der Waals surface area (Å²) < 4.78 is 13.0. The number of nitrogens with two attached hydrogens (primary N) is 1. The molecule has 1 aliphatic rings. The summed E-state index contributed by atoms with van der Waals surface area (Å²) in [6.45, 7) is 7.84. The summed E-state index contributed by atoms with van der Waals surface area (Å²) >= 11 is 0. The average molecular weight is 518 g/mol. The number of para-hydroxylation sites is 2. The van der Waals surface area contributed by atoms with Gasteiger partial charge < -0.3 is 24.7 Å². The normalized spacial score (nSPS) is 14.2. The van der Waals surface area contributed by atoms with E-state index in [2.05, 4.69) is 15.1 Å². The number of benzene rings is 1. The second-order valence-electron chi connectivity index (χ2n) is 10.2. The largest absolute Gasteiger partial charge is 0.444 e. The van der Waals surface area contributed by atoms with Gasteiger partial charge in [-0.2, -0.15) is 5.10 Å². The average Bonchev–Trinajstić information content (AvgIpc) is 3.54. The molecule has 0 atom stereocenters. The molecule has 0 bridgehead atoms. The molecular formula is C27H31N7O4. The van der Waals surface area contributed by atoms with E-state index in [0.717, 1.165) is 16.6 Å². The molecule has 4 aromatic rings. The van der Waals surface area contributed by atoms with Crippen LogP contribution in [0.2, 0.25) is 0 Å². The van der Waals surface area contributed by atoms with Crippen LogP contribution in [0.1, 0.15) is 27.2 Å². The van der Waals surface area contributed by atoms with E-state index < -0.39 is 5.60 Å². The fraction of sp³-hybridized carbons (Fsp3) is 0.370. The van der Waals surface area contributed by atoms with Crippen LogP contribution in [-0.4, -0.2) is 73.3 Å². The molecule has 1 aromatic carbocycles. The lowest BCUT2D eigenvalue weighted by Crippen LogP contribution is -2.51. The highest BCUT2D eigenvalue weighted by Gasteiger charge is 2.27. The lowest BCUT2D eigenvalue weighted by atomic mass is 10.1. The van der Waals surface area contributed by atoms with E-state index in [0.29, 0.717) is 62.0 Å². The number of oxazole rings is 1. The number of nitrogen functional groups attached to an aromatic ring is 1. The Morgan fingerprint density at radius 1 is 1.05 bits per heavy atom. The highest BCUT2D eigenvalue weighted by molar-refractivity contribution is 5.81. The molecule has 0 unspecified atom stereocenters. The molecule has 2 amide bonds. The van der Waals surface area contributed by atoms with Gasteiger partial charge in [0.2, 0.25) is 11.8 Å². The van der Waals surface area contributed by atoms with Crippen molar-refractivity contribution >= 4 is 28.9 Å². The summed E-state index contributed by atoms with van der Waals surface area (Å²) in [4.78, 5) is 37.3. The van der Waals surface area contributed by atoms with Crippen molar-refractivity contribution in [2.45, 2.75) is 39.3 Å². The highest BCUT2D eigenvalue weighted by Crippen LogP contribution is 2.31. The molecule has 2 N–H and O–H groups in total. The Hall–Kier alpha value is -4.41. The van der Waals surface area contributed by atoms with Crippen LogP contribution in [0.3, 0.4) is 0 Å². The third-order valence-electron chi connectivity index (χ3n) is 6.25. The second-order valence-corrected chi connectivity index (χ2v) is 10.2. The number of aryl methyl sites for hydroxylation is 1. The van der Waals surface area contributed by atoms with Crippen LogP contribution < -0.4 is 5.73 Å². The molecule has 3 aromatic heterocycles. The number of anilines is 1. The van der Waals surface area contributed by atoms with Crippen LogP contribution in [0.5, 0.6) is 0 Å². The van der Waals surface area contributed by atoms with Crippen molar-refractivity contribution in [3.05, 3.63) is 48.9 Å². The predicted molar refractivity (Wildman–Crippen MR) is 142 cm³/mol. The van der Waals surface area contributed by atoms with Gasteiger partial charge in [0.25, 0.3) is 0 Å². The summed E-state index contributed by atoms with van der Waals surface area (Å²) in [5.74, 6) is 0.756. The van der Waals surface area contributed by atoms with Crippen LogP contribution >= 0.6 is 0 Å². The molecule has 11 nitrogen and oxygen atoms in total. The Kier molecular flexibility index (Phi) is 6.75. The lowest BCUT2D eigenvalue weighted by molar-refractivity contribution is -0.133. The Morgan fingerprint density at radius 3 is 2.53 bits per heavy atom. The number of aromatic nitrogens is 4. The predicted octanol–water partition coefficient (Wildman–Crippen LogP) is 3.80. The molecule has 0 spiro atoms. The first kappa shape index (κ1) is 25.2. The van der Waals surface area contributed by atoms with Crippen molar-refractivity contribution in [2.75, 3.05) is 31.9 Å². The van der Waals surface area contributed by atoms with Crippen LogP contribution in [0.25, 0.3) is 33.7 Å². The first-order chi connectivity index (χ1) is 18.2. The van der Waals surface area contributed by atoms with Gasteiger partial charge in [0.1, 0.15) is 16.9 Å². The quantitative estimate of drug-likeness (QED) is 0.423. The Bertz CT molecular complexity index is 1430. The zero-order chi connectivity index (χ0) is 26.9. The Morgan fingerprint density at radius 2 is 1.79 bits per heavy atom. The number of hydrogen-bond acceptors (Lipinski definition) is 8. The molecule has 198 valence electrons. The van der Waals surface area contributed by atoms with Crippen molar-refractivity contribution < 1.29 is 18.7 Å². The smallest absolute Gasteiger partial charge is 0.410 e. The molecule has 0 aliphatic carbocycles. The minimum atomic E-state index is -0.541. The van der Waals surface area contributed by atoms with Gasteiger partial charge in [-0.1, -0.05) is 12.1 Å². The fourth-order valence-electron chi connectivity index (χ4n) is 4.26. The van der Waals surface area contributed by atoms with E-state index in [-0.39, 0.29) is 12.0 Å². The van der Waals surface area contributed by atoms with Crippen molar-refractivity contribution in [2.24, 2.45) is 0 Å². The number of pyridine rings is 1. The number of carbonyl (C=O) groups is 2. The number of rotatable bonds is 5. The minimum Gasteiger partial charge on any atom is -0.444 e. The van der Waals surface area contributed by atoms with Crippen molar-refractivity contribution in [1.82, 2.24) is 29.5 Å². The van der Waals surface area contributed by atoms with Gasteiger partial charge in [0.05, 0.1) is 11.8 Å². The van der Waals surface area contributed by atoms with E-state index in [4.69, 9.17) is 14.9 Å². The van der Waals surface area contributed by atoms with Gasteiger partial charge in [0, 0.05) is 62.7 Å². The molecule has 1 fully saturated rings. The van der Waals surface area contributed by atoms with Gasteiger partial charge >= 0.3 is 6.09 Å². The zero-order valence-electron chi connectivity index (χ0n) is 21.8. The maximum atomic E-state index is 12.8. The van der Waals surface area contributed by atoms with Gasteiger partial charge in [-0.25, -0.2) is 14.8 Å². The molecule has 5 rings (SSSR count). The summed E-state index contributed by atoms with van der Waals surface area (Å²) in [5.41, 5.74) is 9.27. The zero-order valence-corrected chi connectivity index (χ0v) is 21.8. The van der Waals surface area contributed by atoms with E-state index in [1.54, 1.807) is 26.9 Å². The van der Waals surface area contributed by atoms with Crippen LogP contribution in [-0.2, 0) is 16.1 Å². The maximum absolute atomic E-state index is 12.8. The SMILES string of the molecule is CC(C)(C)OC(=O)N1CCN(C(=O)CCn2cc(-c3cnc(N)c(-c4nc5ccccc5o4)c3)cn2)CC1. The molecule has 0 saturated carbocycles. The summed E-state index contributed by atoms with van der Waals surface area (Å²) in [5, 5.41) is 4.42. The maximum Gasteiger partial charge on any atom is 0.410 e. The number of ether oxygens (including phenoxy) is 1. The summed E-state index contributed by atoms with van der Waals surface area (Å²) in [6, 6.07) is 9.39. The number of piperazine rings is 1. The third kappa shape index (κ3) is 5.61. The first-order valence-electron chi connectivity index (χ1n) is 12.6. The van der Waals surface area contributed by atoms with Crippen molar-refractivity contribution in [1.29, 1.82) is 0 Å². The van der Waals surface area contributed by atoms with Crippen LogP contribution in [0, 0.1) is 0 Å². The molecule has 11 heteroatoms. The van der Waals surface area contributed by atoms with Gasteiger partial charge in [0.15, 0.2) is 5.58 Å². The standard InChI is InChI=1S/C27H31N7O4/c1-27(2,3)38-26(36)33-12-10-32(11-13-33)23(35)8-9-34-17-19(16-30-34)18-14-20(24(28)29-15-18)25-31-21-6-4-5-7-22(21)37-25/h4-7,14-17H,8-13H2,1-3H3,(H2,28,29). The van der Waals surface area contributed by atoms with Crippen molar-refractivity contribution in [3.8, 4) is 22.6 Å². The monoisotopic (exact) mass is 517 g/mol. The molecular weight excluding hydrogens is 486 g/mol. The number of amides is 2. The van der Waals surface area contributed by atoms with E-state index >= 15 is 0 Å². The van der Waals surface area contributed by atoms with E-state index in [1.165, 1.54) is 0 Å². The lowest BCUT2D eigenvalue weighted by Gasteiger charge is -2.35. The van der Waals surface area contributed by atoms with E-state index in [9.17, 15) is 9.59 Å². The fourth-order valence-corrected chi connectivity index (χ4v) is 4.26. The molecule has 1 aliphatic heterocycles. The first-order valence-corrected chi connectivity index (χ1v) is 12.6. The topological polar surface area (TPSA) is 133 Å². The second kappa shape index (κ2) is 10.2. The number of nitrogens with zero attached hydrogens (tertiary/aromatic N) is 6. The number of fused-ring (bicyclic) bond motifs is 1. The molecule has 38 heavy (non-hydrogen) atoms. The van der Waals surface area contributed by atoms with Crippen molar-refractivity contribution in [3.63, 3.8) is 0 Å². The van der Waals surface area contributed by atoms with E-state index in [1.807, 2.05) is 57.3 Å². The van der Waals surface area contributed by atoms with Gasteiger partial charge in [-0.15, -0.1) is 0 Å². The third-order valence-corrected chi connectivity index (χ3v) is 6.25.